The summed E-state index contributed by atoms with van der Waals surface area (Å²) in [5, 5.41) is 0. The van der Waals surface area contributed by atoms with Crippen molar-refractivity contribution < 1.29 is 14.1 Å². The van der Waals surface area contributed by atoms with E-state index in [1.165, 1.54) is 58.7 Å². The number of ether oxygens (including phenoxy) is 1. The highest BCUT2D eigenvalue weighted by atomic mass is 16.5. The maximum Gasteiger partial charge on any atom is 0.308 e. The fourth-order valence-electron chi connectivity index (χ4n) is 3.48. The second-order valence-electron chi connectivity index (χ2n) is 5.79. The van der Waals surface area contributed by atoms with Gasteiger partial charge in [0, 0.05) is 25.2 Å². The Hall–Kier alpha value is -0.860. The van der Waals surface area contributed by atoms with Gasteiger partial charge in [-0.2, -0.15) is 0 Å². The van der Waals surface area contributed by atoms with Crippen LogP contribution in [-0.2, 0) is 9.53 Å². The monoisotopic (exact) mass is 252 g/mol. The van der Waals surface area contributed by atoms with E-state index in [1.807, 2.05) is 6.92 Å². The first-order valence-electron chi connectivity index (χ1n) is 7.41. The number of esters is 1. The molecule has 0 aromatic rings. The van der Waals surface area contributed by atoms with Crippen LogP contribution in [0.15, 0.2) is 0 Å². The topological polar surface area (TPSA) is 29.3 Å². The molecule has 2 unspecified atom stereocenters. The van der Waals surface area contributed by atoms with Gasteiger partial charge in [-0.15, -0.1) is 0 Å². The molecule has 102 valence electrons. The molecule has 1 heterocycles. The number of rotatable bonds is 3. The minimum Gasteiger partial charge on any atom is -0.469 e. The number of hydrogen-bond donors (Lipinski definition) is 0. The molecule has 3 nitrogen and oxygen atoms in total. The number of hydrogen-bond acceptors (Lipinski definition) is 2. The van der Waals surface area contributed by atoms with Crippen LogP contribution in [0.1, 0.15) is 51.9 Å². The summed E-state index contributed by atoms with van der Waals surface area (Å²) in [6, 6.07) is 0. The van der Waals surface area contributed by atoms with Crippen LogP contribution in [0.4, 0.5) is 0 Å². The zero-order chi connectivity index (χ0) is 13.0. The third-order valence-electron chi connectivity index (χ3n) is 4.46. The molecule has 2 rings (SSSR count). The van der Waals surface area contributed by atoms with Gasteiger partial charge in [0.2, 0.25) is 0 Å². The lowest BCUT2D eigenvalue weighted by molar-refractivity contribution is -0.540. The summed E-state index contributed by atoms with van der Waals surface area (Å²) in [5.41, 5.74) is 1.63. The molecular formula is C15H26NO2+. The van der Waals surface area contributed by atoms with Crippen LogP contribution < -0.4 is 0 Å². The quantitative estimate of drug-likeness (QED) is 0.571. The molecule has 0 aromatic carbocycles. The van der Waals surface area contributed by atoms with Crippen molar-refractivity contribution in [3.63, 3.8) is 0 Å². The summed E-state index contributed by atoms with van der Waals surface area (Å²) in [4.78, 5) is 11.5. The molecule has 2 atom stereocenters. The van der Waals surface area contributed by atoms with Gasteiger partial charge >= 0.3 is 5.97 Å². The third kappa shape index (κ3) is 3.12. The lowest BCUT2D eigenvalue weighted by Crippen LogP contribution is -2.30. The number of methoxy groups -OCH3 is 1. The Bertz CT molecular complexity index is 327. The SMILES string of the molecule is COC(=O)C(C)CC1CCCC1=[N+]1CCCCC1. The second-order valence-corrected chi connectivity index (χ2v) is 5.79. The van der Waals surface area contributed by atoms with Crippen LogP contribution in [0.3, 0.4) is 0 Å². The second kappa shape index (κ2) is 6.35. The lowest BCUT2D eigenvalue weighted by atomic mass is 9.93. The van der Waals surface area contributed by atoms with Gasteiger partial charge in [-0.3, -0.25) is 4.79 Å². The minimum atomic E-state index is -0.0557. The van der Waals surface area contributed by atoms with E-state index in [0.717, 1.165) is 6.42 Å². The van der Waals surface area contributed by atoms with Gasteiger partial charge in [0.25, 0.3) is 0 Å². The van der Waals surface area contributed by atoms with E-state index in [9.17, 15) is 4.79 Å². The van der Waals surface area contributed by atoms with E-state index in [-0.39, 0.29) is 11.9 Å². The van der Waals surface area contributed by atoms with Crippen LogP contribution in [0.5, 0.6) is 0 Å². The Morgan fingerprint density at radius 3 is 2.72 bits per heavy atom. The molecule has 1 aliphatic carbocycles. The van der Waals surface area contributed by atoms with E-state index in [1.54, 1.807) is 5.71 Å². The van der Waals surface area contributed by atoms with Gasteiger partial charge in [-0.25, -0.2) is 4.58 Å². The van der Waals surface area contributed by atoms with E-state index in [2.05, 4.69) is 4.58 Å². The Morgan fingerprint density at radius 2 is 2.06 bits per heavy atom. The molecule has 0 spiro atoms. The zero-order valence-electron chi connectivity index (χ0n) is 11.8. The van der Waals surface area contributed by atoms with Crippen LogP contribution in [0, 0.1) is 11.8 Å². The number of nitrogens with zero attached hydrogens (tertiary/aromatic N) is 1. The summed E-state index contributed by atoms with van der Waals surface area (Å²) >= 11 is 0. The molecule has 2 fully saturated rings. The van der Waals surface area contributed by atoms with Crippen molar-refractivity contribution in [3.8, 4) is 0 Å². The average molecular weight is 252 g/mol. The van der Waals surface area contributed by atoms with Crippen molar-refractivity contribution in [2.75, 3.05) is 20.2 Å². The standard InChI is InChI=1S/C15H26NO2/c1-12(15(17)18-2)11-13-7-6-8-14(13)16-9-4-3-5-10-16/h12-13H,3-11H2,1-2H3/q+1. The minimum absolute atomic E-state index is 0.0397. The van der Waals surface area contributed by atoms with Gasteiger partial charge in [0.05, 0.1) is 13.0 Å². The van der Waals surface area contributed by atoms with Crippen molar-refractivity contribution in [1.29, 1.82) is 0 Å². The molecule has 0 bridgehead atoms. The fraction of sp³-hybridized carbons (Fsp3) is 0.867. The summed E-state index contributed by atoms with van der Waals surface area (Å²) in [6.07, 6.45) is 8.83. The first-order chi connectivity index (χ1) is 8.72. The molecule has 3 heteroatoms. The smallest absolute Gasteiger partial charge is 0.308 e. The van der Waals surface area contributed by atoms with Crippen molar-refractivity contribution in [2.24, 2.45) is 11.8 Å². The number of carbonyl (C=O) groups is 1. The zero-order valence-corrected chi connectivity index (χ0v) is 11.8. The van der Waals surface area contributed by atoms with Crippen LogP contribution in [0.25, 0.3) is 0 Å². The molecule has 0 aromatic heterocycles. The molecule has 1 aliphatic heterocycles. The molecule has 2 aliphatic rings. The maximum absolute atomic E-state index is 11.5. The highest BCUT2D eigenvalue weighted by Gasteiger charge is 2.33. The highest BCUT2D eigenvalue weighted by molar-refractivity contribution is 5.84. The molecule has 0 radical (unpaired) electrons. The van der Waals surface area contributed by atoms with E-state index < -0.39 is 0 Å². The van der Waals surface area contributed by atoms with Crippen molar-refractivity contribution in [1.82, 2.24) is 0 Å². The first kappa shape index (κ1) is 13.6. The van der Waals surface area contributed by atoms with E-state index in [4.69, 9.17) is 4.74 Å². The predicted octanol–water partition coefficient (Wildman–Crippen LogP) is 2.62. The molecular weight excluding hydrogens is 226 g/mol. The summed E-state index contributed by atoms with van der Waals surface area (Å²) in [5.74, 6) is 0.606. The van der Waals surface area contributed by atoms with Crippen molar-refractivity contribution in [2.45, 2.75) is 51.9 Å². The van der Waals surface area contributed by atoms with Gasteiger partial charge in [0.15, 0.2) is 5.71 Å². The molecule has 1 saturated heterocycles. The Kier molecular flexibility index (Phi) is 4.79. The largest absolute Gasteiger partial charge is 0.469 e. The van der Waals surface area contributed by atoms with Crippen LogP contribution in [0.2, 0.25) is 0 Å². The normalized spacial score (nSPS) is 26.2. The highest BCUT2D eigenvalue weighted by Crippen LogP contribution is 2.29. The van der Waals surface area contributed by atoms with Crippen LogP contribution in [-0.4, -0.2) is 36.5 Å². The summed E-state index contributed by atoms with van der Waals surface area (Å²) in [6.45, 7) is 4.47. The summed E-state index contributed by atoms with van der Waals surface area (Å²) < 4.78 is 7.44. The van der Waals surface area contributed by atoms with E-state index >= 15 is 0 Å². The van der Waals surface area contributed by atoms with Crippen molar-refractivity contribution in [3.05, 3.63) is 0 Å². The Labute approximate surface area is 110 Å². The maximum atomic E-state index is 11.5. The van der Waals surface area contributed by atoms with Gasteiger partial charge in [-0.1, -0.05) is 6.92 Å². The molecule has 0 amide bonds. The van der Waals surface area contributed by atoms with Gasteiger partial charge in [0.1, 0.15) is 13.1 Å². The molecule has 1 saturated carbocycles. The van der Waals surface area contributed by atoms with E-state index in [0.29, 0.717) is 5.92 Å². The van der Waals surface area contributed by atoms with Crippen LogP contribution >= 0.6 is 0 Å². The van der Waals surface area contributed by atoms with Gasteiger partial charge < -0.3 is 4.74 Å². The number of carbonyl (C=O) groups excluding carboxylic acids is 1. The van der Waals surface area contributed by atoms with Gasteiger partial charge in [-0.05, 0) is 25.7 Å². The fourth-order valence-corrected chi connectivity index (χ4v) is 3.48. The number of piperidine rings is 1. The Morgan fingerprint density at radius 1 is 1.33 bits per heavy atom. The third-order valence-corrected chi connectivity index (χ3v) is 4.46. The lowest BCUT2D eigenvalue weighted by Gasteiger charge is -2.18. The predicted molar refractivity (Wildman–Crippen MR) is 72.0 cm³/mol. The summed E-state index contributed by atoms with van der Waals surface area (Å²) in [7, 11) is 1.49. The first-order valence-corrected chi connectivity index (χ1v) is 7.41. The Balaban J connectivity index is 2.01. The average Bonchev–Trinajstić information content (AvgIpc) is 2.86. The van der Waals surface area contributed by atoms with Crippen molar-refractivity contribution >= 4 is 11.7 Å². The molecule has 0 N–H and O–H groups in total. The molecule has 18 heavy (non-hydrogen) atoms.